The summed E-state index contributed by atoms with van der Waals surface area (Å²) in [5.74, 6) is 0.963. The average molecular weight is 538 g/mol. The van der Waals surface area contributed by atoms with Gasteiger partial charge in [-0.15, -0.1) is 0 Å². The van der Waals surface area contributed by atoms with Gasteiger partial charge >= 0.3 is 11.7 Å². The lowest BCUT2D eigenvalue weighted by Crippen LogP contribution is -2.36. The molecule has 202 valence electrons. The number of benzene rings is 1. The molecule has 37 heavy (non-hydrogen) atoms. The lowest BCUT2D eigenvalue weighted by atomic mass is 10.0. The number of ether oxygens (including phenoxy) is 2. The lowest BCUT2D eigenvalue weighted by Gasteiger charge is -2.16. The fourth-order valence-electron chi connectivity index (χ4n) is 4.35. The molecular formula is C22H31N7O7S. The molecule has 3 amide bonds. The number of non-ortho nitro benzene ring substituents is 1. The van der Waals surface area contributed by atoms with Crippen molar-refractivity contribution in [1.29, 1.82) is 0 Å². The zero-order valence-electron chi connectivity index (χ0n) is 20.3. The molecule has 15 heteroatoms. The summed E-state index contributed by atoms with van der Waals surface area (Å²) in [5.41, 5.74) is 0.794. The van der Waals surface area contributed by atoms with Crippen LogP contribution in [0, 0.1) is 10.1 Å². The van der Waals surface area contributed by atoms with Gasteiger partial charge in [0, 0.05) is 36.6 Å². The van der Waals surface area contributed by atoms with E-state index < -0.39 is 4.92 Å². The predicted molar refractivity (Wildman–Crippen MR) is 136 cm³/mol. The number of rotatable bonds is 16. The maximum Gasteiger partial charge on any atom is 0.315 e. The highest BCUT2D eigenvalue weighted by atomic mass is 32.2. The Balaban J connectivity index is 0.963. The van der Waals surface area contributed by atoms with E-state index in [1.165, 1.54) is 6.07 Å². The summed E-state index contributed by atoms with van der Waals surface area (Å²) in [6.07, 6.45) is 3.26. The average Bonchev–Trinajstić information content (AvgIpc) is 3.59. The molecule has 1 aromatic carbocycles. The summed E-state index contributed by atoms with van der Waals surface area (Å²) >= 11 is 1.89. The van der Waals surface area contributed by atoms with Crippen LogP contribution in [0.1, 0.15) is 25.7 Å². The number of hydrogen-bond donors (Lipinski definition) is 4. The largest absolute Gasteiger partial charge is 0.381 e. The molecule has 4 N–H and O–H groups in total. The first-order chi connectivity index (χ1) is 18.0. The van der Waals surface area contributed by atoms with E-state index in [9.17, 15) is 19.7 Å². The Hall–Kier alpha value is -3.17. The van der Waals surface area contributed by atoms with Crippen molar-refractivity contribution >= 4 is 46.1 Å². The SMILES string of the molecule is O=C(CCCC[C@@H]1SC[C@@H]2NC(=O)N[C@@H]21)NCCOCCOCCNc1ccc([N+](=O)[O-])c2nonc12. The number of nitrogens with one attached hydrogen (secondary N) is 4. The molecule has 0 saturated carbocycles. The number of nitrogens with zero attached hydrogens (tertiary/aromatic N) is 3. The van der Waals surface area contributed by atoms with Crippen molar-refractivity contribution < 1.29 is 28.6 Å². The minimum atomic E-state index is -0.534. The van der Waals surface area contributed by atoms with Gasteiger partial charge in [-0.2, -0.15) is 11.8 Å². The highest BCUT2D eigenvalue weighted by Gasteiger charge is 2.42. The van der Waals surface area contributed by atoms with E-state index in [-0.39, 0.29) is 35.2 Å². The van der Waals surface area contributed by atoms with Gasteiger partial charge in [-0.25, -0.2) is 9.42 Å². The first-order valence-corrected chi connectivity index (χ1v) is 13.3. The van der Waals surface area contributed by atoms with Gasteiger partial charge in [-0.3, -0.25) is 14.9 Å². The molecule has 4 rings (SSSR count). The number of fused-ring (bicyclic) bond motifs is 2. The molecule has 0 unspecified atom stereocenters. The van der Waals surface area contributed by atoms with Gasteiger partial charge in [-0.05, 0) is 29.2 Å². The number of anilines is 1. The van der Waals surface area contributed by atoms with E-state index in [1.54, 1.807) is 6.07 Å². The fraction of sp³-hybridized carbons (Fsp3) is 0.636. The Morgan fingerprint density at radius 3 is 2.73 bits per heavy atom. The Kier molecular flexibility index (Phi) is 9.73. The van der Waals surface area contributed by atoms with Crippen molar-refractivity contribution in [2.75, 3.05) is 50.6 Å². The van der Waals surface area contributed by atoms with E-state index in [2.05, 4.69) is 36.2 Å². The maximum atomic E-state index is 12.0. The van der Waals surface area contributed by atoms with Gasteiger partial charge < -0.3 is 30.7 Å². The fourth-order valence-corrected chi connectivity index (χ4v) is 5.89. The molecule has 0 spiro atoms. The summed E-state index contributed by atoms with van der Waals surface area (Å²) in [6.45, 7) is 2.50. The van der Waals surface area contributed by atoms with Crippen LogP contribution in [0.25, 0.3) is 11.0 Å². The van der Waals surface area contributed by atoms with E-state index in [0.717, 1.165) is 25.0 Å². The molecule has 14 nitrogen and oxygen atoms in total. The van der Waals surface area contributed by atoms with Gasteiger partial charge in [0.2, 0.25) is 11.4 Å². The van der Waals surface area contributed by atoms with Gasteiger partial charge in [-0.1, -0.05) is 6.42 Å². The molecule has 1 aromatic heterocycles. The summed E-state index contributed by atoms with van der Waals surface area (Å²) in [5, 5.41) is 30.6. The number of aromatic nitrogens is 2. The predicted octanol–water partition coefficient (Wildman–Crippen LogP) is 1.42. The van der Waals surface area contributed by atoms with Crippen LogP contribution in [0.4, 0.5) is 16.2 Å². The Bertz CT molecular complexity index is 1080. The van der Waals surface area contributed by atoms with Gasteiger partial charge in [0.25, 0.3) is 0 Å². The number of amides is 3. The van der Waals surface area contributed by atoms with Crippen LogP contribution in [-0.2, 0) is 14.3 Å². The van der Waals surface area contributed by atoms with Crippen LogP contribution in [0.2, 0.25) is 0 Å². The Labute approximate surface area is 217 Å². The monoisotopic (exact) mass is 537 g/mol. The maximum absolute atomic E-state index is 12.0. The van der Waals surface area contributed by atoms with E-state index >= 15 is 0 Å². The number of thioether (sulfide) groups is 1. The van der Waals surface area contributed by atoms with Crippen molar-refractivity contribution in [2.45, 2.75) is 43.0 Å². The lowest BCUT2D eigenvalue weighted by molar-refractivity contribution is -0.383. The third kappa shape index (κ3) is 7.42. The molecule has 2 aliphatic rings. The highest BCUT2D eigenvalue weighted by molar-refractivity contribution is 8.00. The van der Waals surface area contributed by atoms with E-state index in [1.807, 2.05) is 11.8 Å². The Morgan fingerprint density at radius 1 is 1.14 bits per heavy atom. The van der Waals surface area contributed by atoms with Crippen LogP contribution in [-0.4, -0.2) is 89.8 Å². The smallest absolute Gasteiger partial charge is 0.315 e. The summed E-state index contributed by atoms with van der Waals surface area (Å²) < 4.78 is 15.6. The number of unbranched alkanes of at least 4 members (excludes halogenated alkanes) is 1. The molecule has 3 atom stereocenters. The summed E-state index contributed by atoms with van der Waals surface area (Å²) in [4.78, 5) is 33.9. The van der Waals surface area contributed by atoms with Gasteiger partial charge in [0.05, 0.1) is 49.1 Å². The van der Waals surface area contributed by atoms with Crippen molar-refractivity contribution in [3.63, 3.8) is 0 Å². The minimum absolute atomic E-state index is 0.0152. The summed E-state index contributed by atoms with van der Waals surface area (Å²) in [6, 6.07) is 3.28. The number of urea groups is 1. The molecule has 0 aliphatic carbocycles. The van der Waals surface area contributed by atoms with Crippen molar-refractivity contribution in [1.82, 2.24) is 26.3 Å². The molecule has 0 radical (unpaired) electrons. The molecule has 2 saturated heterocycles. The van der Waals surface area contributed by atoms with Crippen LogP contribution in [0.15, 0.2) is 16.8 Å². The van der Waals surface area contributed by atoms with Crippen molar-refractivity contribution in [3.8, 4) is 0 Å². The molecule has 3 heterocycles. The number of carbonyl (C=O) groups excluding carboxylic acids is 2. The van der Waals surface area contributed by atoms with E-state index in [0.29, 0.717) is 62.4 Å². The number of hydrogen-bond acceptors (Lipinski definition) is 11. The number of nitro benzene ring substituents is 1. The Morgan fingerprint density at radius 2 is 1.92 bits per heavy atom. The second-order valence-electron chi connectivity index (χ2n) is 8.72. The molecule has 2 aliphatic heterocycles. The quantitative estimate of drug-likeness (QED) is 0.105. The molecule has 2 aromatic rings. The molecule has 0 bridgehead atoms. The third-order valence-electron chi connectivity index (χ3n) is 6.17. The second kappa shape index (κ2) is 13.4. The van der Waals surface area contributed by atoms with Crippen molar-refractivity contribution in [2.24, 2.45) is 0 Å². The normalized spacial score (nSPS) is 20.4. The zero-order chi connectivity index (χ0) is 26.0. The highest BCUT2D eigenvalue weighted by Crippen LogP contribution is 2.33. The molecule has 2 fully saturated rings. The minimum Gasteiger partial charge on any atom is -0.381 e. The van der Waals surface area contributed by atoms with Crippen LogP contribution in [0.5, 0.6) is 0 Å². The molecular weight excluding hydrogens is 506 g/mol. The third-order valence-corrected chi connectivity index (χ3v) is 7.68. The first-order valence-electron chi connectivity index (χ1n) is 12.3. The van der Waals surface area contributed by atoms with Crippen molar-refractivity contribution in [3.05, 3.63) is 22.2 Å². The zero-order valence-corrected chi connectivity index (χ0v) is 21.1. The van der Waals surface area contributed by atoms with Gasteiger partial charge in [0.1, 0.15) is 0 Å². The van der Waals surface area contributed by atoms with Crippen LogP contribution < -0.4 is 21.3 Å². The topological polar surface area (TPSA) is 183 Å². The standard InChI is InChI=1S/C22H31N7O7S/c30-18(4-2-1-3-17-19-15(13-37-17)25-22(31)26-19)24-8-10-35-12-11-34-9-7-23-14-5-6-16(29(32)33)21-20(14)27-36-28-21/h5-6,15,17,19,23H,1-4,7-13H2,(H,24,30)(H2,25,26,31)/t15-,17-,19-/m0/s1. The number of nitro groups is 1. The summed E-state index contributed by atoms with van der Waals surface area (Å²) in [7, 11) is 0. The number of carbonyl (C=O) groups is 2. The van der Waals surface area contributed by atoms with Crippen LogP contribution in [0.3, 0.4) is 0 Å². The van der Waals surface area contributed by atoms with E-state index in [4.69, 9.17) is 9.47 Å². The van der Waals surface area contributed by atoms with Gasteiger partial charge in [0.15, 0.2) is 5.52 Å². The van der Waals surface area contributed by atoms with Crippen LogP contribution >= 0.6 is 11.8 Å². The first kappa shape index (κ1) is 26.9. The second-order valence-corrected chi connectivity index (χ2v) is 9.99.